The van der Waals surface area contributed by atoms with E-state index in [4.69, 9.17) is 16.4 Å². The zero-order valence-corrected chi connectivity index (χ0v) is 17.4. The van der Waals surface area contributed by atoms with E-state index in [0.717, 1.165) is 29.1 Å². The molecule has 1 aromatic rings. The number of rotatable bonds is 8. The van der Waals surface area contributed by atoms with Gasteiger partial charge in [0.25, 0.3) is 11.8 Å². The lowest BCUT2D eigenvalue weighted by Gasteiger charge is -2.48. The number of hydrogen-bond donors (Lipinski definition) is 3. The number of nitrogens with one attached hydrogen (secondary N) is 2. The van der Waals surface area contributed by atoms with Crippen molar-refractivity contribution in [2.45, 2.75) is 30.4 Å². The quantitative estimate of drug-likeness (QED) is 0.215. The van der Waals surface area contributed by atoms with Gasteiger partial charge in [-0.25, -0.2) is 9.78 Å². The molecule has 0 radical (unpaired) electrons. The van der Waals surface area contributed by atoms with E-state index < -0.39 is 29.2 Å². The van der Waals surface area contributed by atoms with Gasteiger partial charge in [0, 0.05) is 11.1 Å². The summed E-state index contributed by atoms with van der Waals surface area (Å²) in [4.78, 5) is 57.9. The average molecular weight is 472 g/mol. The van der Waals surface area contributed by atoms with Crippen molar-refractivity contribution < 1.29 is 29.1 Å². The zero-order valence-electron chi connectivity index (χ0n) is 15.0. The highest BCUT2D eigenvalue weighted by atomic mass is 35.5. The molecule has 30 heavy (non-hydrogen) atoms. The number of oxime groups is 1. The van der Waals surface area contributed by atoms with Crippen LogP contribution >= 0.6 is 34.7 Å². The number of hydrogen-bond acceptors (Lipinski definition) is 9. The Hall–Kier alpha value is -2.64. The topological polar surface area (TPSA) is 150 Å². The van der Waals surface area contributed by atoms with Crippen LogP contribution in [0.3, 0.4) is 0 Å². The number of aromatic nitrogens is 1. The predicted molar refractivity (Wildman–Crippen MR) is 108 cm³/mol. The summed E-state index contributed by atoms with van der Waals surface area (Å²) in [5.74, 6) is -2.38. The molecule has 3 amide bonds. The molecule has 1 saturated carbocycles. The van der Waals surface area contributed by atoms with Crippen LogP contribution in [0.25, 0.3) is 0 Å². The summed E-state index contributed by atoms with van der Waals surface area (Å²) in [5.41, 5.74) is -0.237. The maximum Gasteiger partial charge on any atom is 0.353 e. The highest BCUT2D eigenvalue weighted by molar-refractivity contribution is 8.00. The molecule has 14 heteroatoms. The fourth-order valence-electron chi connectivity index (χ4n) is 2.80. The second-order valence-corrected chi connectivity index (χ2v) is 8.88. The summed E-state index contributed by atoms with van der Waals surface area (Å²) in [6.45, 7) is 0. The number of anilines is 1. The Labute approximate surface area is 182 Å². The molecule has 0 spiro atoms. The smallest absolute Gasteiger partial charge is 0.353 e. The number of β-lactam (4-membered cyclic amide) rings is 1. The second-order valence-electron chi connectivity index (χ2n) is 6.46. The Morgan fingerprint density at radius 2 is 2.20 bits per heavy atom. The molecular formula is C16H14ClN5O6S2. The van der Waals surface area contributed by atoms with Gasteiger partial charge >= 0.3 is 5.97 Å². The van der Waals surface area contributed by atoms with Gasteiger partial charge in [-0.1, -0.05) is 16.8 Å². The third-order valence-electron chi connectivity index (χ3n) is 4.37. The first-order chi connectivity index (χ1) is 14.4. The fourth-order valence-corrected chi connectivity index (χ4v) is 5.00. The predicted octanol–water partition coefficient (Wildman–Crippen LogP) is 0.529. The molecule has 11 nitrogen and oxygen atoms in total. The lowest BCUT2D eigenvalue weighted by Crippen LogP contribution is -2.71. The second kappa shape index (κ2) is 8.24. The van der Waals surface area contributed by atoms with Crippen LogP contribution in [0.15, 0.2) is 21.3 Å². The average Bonchev–Trinajstić information content (AvgIpc) is 3.43. The Bertz CT molecular complexity index is 991. The van der Waals surface area contributed by atoms with Crippen molar-refractivity contribution >= 4 is 69.7 Å². The lowest BCUT2D eigenvalue weighted by atomic mass is 10.0. The van der Waals surface area contributed by atoms with E-state index in [1.165, 1.54) is 17.1 Å². The molecule has 1 aliphatic carbocycles. The van der Waals surface area contributed by atoms with E-state index in [2.05, 4.69) is 20.8 Å². The van der Waals surface area contributed by atoms with Crippen LogP contribution in [0.5, 0.6) is 0 Å². The highest BCUT2D eigenvalue weighted by Gasteiger charge is 2.54. The molecule has 1 saturated heterocycles. The fraction of sp³-hybridized carbons (Fsp3) is 0.375. The molecule has 3 heterocycles. The maximum atomic E-state index is 12.9. The van der Waals surface area contributed by atoms with Crippen molar-refractivity contribution in [2.24, 2.45) is 5.16 Å². The van der Waals surface area contributed by atoms with Gasteiger partial charge in [-0.05, 0) is 12.8 Å². The van der Waals surface area contributed by atoms with Gasteiger partial charge in [0.15, 0.2) is 10.8 Å². The van der Waals surface area contributed by atoms with Crippen molar-refractivity contribution in [2.75, 3.05) is 11.1 Å². The van der Waals surface area contributed by atoms with Gasteiger partial charge in [0.1, 0.15) is 28.9 Å². The van der Waals surface area contributed by atoms with Crippen LogP contribution in [0.4, 0.5) is 5.13 Å². The third kappa shape index (κ3) is 3.87. The summed E-state index contributed by atoms with van der Waals surface area (Å²) >= 11 is 8.29. The zero-order chi connectivity index (χ0) is 21.4. The van der Waals surface area contributed by atoms with Crippen LogP contribution in [0.2, 0.25) is 0 Å². The molecule has 0 unspecified atom stereocenters. The summed E-state index contributed by atoms with van der Waals surface area (Å²) in [6.07, 6.45) is 2.04. The van der Waals surface area contributed by atoms with Crippen molar-refractivity contribution in [3.63, 3.8) is 0 Å². The number of carbonyl (C=O) groups is 4. The number of nitrogens with zero attached hydrogens (tertiary/aromatic N) is 3. The molecule has 0 aromatic carbocycles. The van der Waals surface area contributed by atoms with Crippen LogP contribution in [0.1, 0.15) is 18.5 Å². The highest BCUT2D eigenvalue weighted by Crippen LogP contribution is 2.41. The summed E-state index contributed by atoms with van der Waals surface area (Å²) < 4.78 is 0. The van der Waals surface area contributed by atoms with Crippen molar-refractivity contribution in [1.29, 1.82) is 0 Å². The Morgan fingerprint density at radius 3 is 2.87 bits per heavy atom. The number of carbonyl (C=O) groups excluding carboxylic acids is 3. The Morgan fingerprint density at radius 1 is 1.43 bits per heavy atom. The minimum atomic E-state index is -1.30. The van der Waals surface area contributed by atoms with Crippen LogP contribution in [-0.4, -0.2) is 68.2 Å². The molecule has 2 aliphatic heterocycles. The van der Waals surface area contributed by atoms with Gasteiger partial charge in [-0.15, -0.1) is 23.1 Å². The van der Waals surface area contributed by atoms with Gasteiger partial charge < -0.3 is 20.6 Å². The minimum Gasteiger partial charge on any atom is -0.477 e. The largest absolute Gasteiger partial charge is 0.477 e. The molecule has 0 bridgehead atoms. The number of carboxylic acid groups (broad SMARTS) is 1. The van der Waals surface area contributed by atoms with E-state index >= 15 is 0 Å². The van der Waals surface area contributed by atoms with E-state index in [-0.39, 0.29) is 39.1 Å². The number of carboxylic acids is 1. The molecule has 3 aliphatic rings. The van der Waals surface area contributed by atoms with E-state index in [9.17, 15) is 24.3 Å². The lowest BCUT2D eigenvalue weighted by molar-refractivity contribution is -0.150. The van der Waals surface area contributed by atoms with E-state index in [1.807, 2.05) is 0 Å². The van der Waals surface area contributed by atoms with Gasteiger partial charge in [0.05, 0.1) is 5.03 Å². The van der Waals surface area contributed by atoms with Crippen LogP contribution in [0, 0.1) is 0 Å². The summed E-state index contributed by atoms with van der Waals surface area (Å²) in [7, 11) is 0. The molecule has 158 valence electrons. The summed E-state index contributed by atoms with van der Waals surface area (Å²) in [6, 6.07) is -0.945. The van der Waals surface area contributed by atoms with Crippen LogP contribution in [-0.2, 0) is 24.0 Å². The maximum absolute atomic E-state index is 12.9. The van der Waals surface area contributed by atoms with Crippen LogP contribution < -0.4 is 10.6 Å². The Kier molecular flexibility index (Phi) is 5.66. The molecule has 2 fully saturated rings. The normalized spacial score (nSPS) is 23.4. The standard InChI is InChI=1S/C16H14ClN5O6S2/c17-7-3-29-14-10(13(25)22(14)11(7)15(26)27)20-12(24)9(21-28-6-1-2-6)8-4-30-16(19-8)18-5-23/h4-6,10,14H,1-3H2,(H,20,24)(H,26,27)(H,18,19,23)/t10-,14+/m1/s1. The Balaban J connectivity index is 1.52. The van der Waals surface area contributed by atoms with Gasteiger partial charge in [-0.2, -0.15) is 0 Å². The molecule has 2 atom stereocenters. The summed E-state index contributed by atoms with van der Waals surface area (Å²) in [5, 5.41) is 19.5. The first kappa shape index (κ1) is 20.6. The van der Waals surface area contributed by atoms with Crippen molar-refractivity contribution in [3.8, 4) is 0 Å². The van der Waals surface area contributed by atoms with E-state index in [1.54, 1.807) is 0 Å². The number of thiazole rings is 1. The number of amides is 3. The SMILES string of the molecule is O=CNc1nc(C(=NOC2CC2)C(=O)N[C@@H]2C(=O)N3C(C(=O)O)=C(Cl)CS[C@@H]23)cs1. The van der Waals surface area contributed by atoms with Crippen molar-refractivity contribution in [3.05, 3.63) is 21.8 Å². The van der Waals surface area contributed by atoms with Crippen molar-refractivity contribution in [1.82, 2.24) is 15.2 Å². The van der Waals surface area contributed by atoms with Gasteiger partial charge in [-0.3, -0.25) is 19.3 Å². The van der Waals surface area contributed by atoms with E-state index in [0.29, 0.717) is 6.41 Å². The third-order valence-corrected chi connectivity index (χ3v) is 6.90. The number of thioether (sulfide) groups is 1. The molecule has 1 aromatic heterocycles. The number of halogens is 1. The monoisotopic (exact) mass is 471 g/mol. The first-order valence-corrected chi connectivity index (χ1v) is 11.0. The molecule has 4 rings (SSSR count). The number of aliphatic carboxylic acids is 1. The first-order valence-electron chi connectivity index (χ1n) is 8.68. The number of fused-ring (bicyclic) bond motifs is 1. The molecule has 3 N–H and O–H groups in total. The minimum absolute atomic E-state index is 0.0691. The van der Waals surface area contributed by atoms with Gasteiger partial charge in [0.2, 0.25) is 6.41 Å². The molecular weight excluding hydrogens is 458 g/mol.